The van der Waals surface area contributed by atoms with E-state index in [1.54, 1.807) is 12.1 Å². The van der Waals surface area contributed by atoms with Gasteiger partial charge < -0.3 is 11.1 Å². The first-order chi connectivity index (χ1) is 10.3. The zero-order valence-electron chi connectivity index (χ0n) is 13.1. The fourth-order valence-electron chi connectivity index (χ4n) is 3.09. The molecule has 0 aliphatic heterocycles. The minimum absolute atomic E-state index is 0.0403. The number of carbonyl (C=O) groups is 1. The molecule has 22 heavy (non-hydrogen) atoms. The number of amides is 1. The first kappa shape index (κ1) is 17.0. The molecular formula is C16H24N2O3S. The molecule has 5 nitrogen and oxygen atoms in total. The van der Waals surface area contributed by atoms with Gasteiger partial charge in [-0.2, -0.15) is 0 Å². The maximum absolute atomic E-state index is 11.6. The highest BCUT2D eigenvalue weighted by Gasteiger charge is 2.30. The van der Waals surface area contributed by atoms with Crippen molar-refractivity contribution in [3.63, 3.8) is 0 Å². The van der Waals surface area contributed by atoms with Crippen LogP contribution in [0.2, 0.25) is 0 Å². The third kappa shape index (κ3) is 4.08. The van der Waals surface area contributed by atoms with Crippen LogP contribution in [-0.2, 0) is 14.6 Å². The van der Waals surface area contributed by atoms with E-state index in [2.05, 4.69) is 5.32 Å². The Bertz CT molecular complexity index is 625. The maximum atomic E-state index is 11.6. The van der Waals surface area contributed by atoms with Crippen molar-refractivity contribution in [3.05, 3.63) is 29.8 Å². The van der Waals surface area contributed by atoms with Crippen LogP contribution in [-0.4, -0.2) is 26.6 Å². The number of rotatable bonds is 5. The average molecular weight is 324 g/mol. The molecule has 1 aromatic carbocycles. The Labute approximate surface area is 132 Å². The summed E-state index contributed by atoms with van der Waals surface area (Å²) < 4.78 is 23.0. The highest BCUT2D eigenvalue weighted by molar-refractivity contribution is 7.90. The molecule has 0 saturated heterocycles. The molecule has 3 N–H and O–H groups in total. The topological polar surface area (TPSA) is 89.3 Å². The van der Waals surface area contributed by atoms with Gasteiger partial charge in [-0.3, -0.25) is 4.79 Å². The van der Waals surface area contributed by atoms with Crippen LogP contribution >= 0.6 is 0 Å². The molecule has 1 aliphatic carbocycles. The zero-order valence-corrected chi connectivity index (χ0v) is 13.9. The van der Waals surface area contributed by atoms with Crippen molar-refractivity contribution in [1.29, 1.82) is 0 Å². The lowest BCUT2D eigenvalue weighted by atomic mass is 9.83. The Balaban J connectivity index is 2.08. The Hall–Kier alpha value is -1.40. The van der Waals surface area contributed by atoms with Crippen molar-refractivity contribution in [3.8, 4) is 0 Å². The minimum atomic E-state index is -3.17. The second-order valence-electron chi connectivity index (χ2n) is 6.13. The molecule has 6 heteroatoms. The van der Waals surface area contributed by atoms with Gasteiger partial charge in [0.25, 0.3) is 0 Å². The van der Waals surface area contributed by atoms with Crippen LogP contribution in [0, 0.1) is 5.92 Å². The number of nitrogens with two attached hydrogens (primary N) is 1. The third-order valence-corrected chi connectivity index (χ3v) is 5.53. The molecule has 0 bridgehead atoms. The monoisotopic (exact) mass is 324 g/mol. The summed E-state index contributed by atoms with van der Waals surface area (Å²) >= 11 is 0. The zero-order chi connectivity index (χ0) is 16.3. The summed E-state index contributed by atoms with van der Waals surface area (Å²) in [5.41, 5.74) is 6.50. The van der Waals surface area contributed by atoms with E-state index in [1.165, 1.54) is 6.26 Å². The van der Waals surface area contributed by atoms with Crippen molar-refractivity contribution < 1.29 is 13.2 Å². The molecule has 2 rings (SSSR count). The summed E-state index contributed by atoms with van der Waals surface area (Å²) in [4.78, 5) is 11.9. The summed E-state index contributed by atoms with van der Waals surface area (Å²) in [6.07, 6.45) is 5.12. The minimum Gasteiger partial charge on any atom is -0.369 e. The number of benzene rings is 1. The molecule has 1 aliphatic rings. The number of primary amides is 1. The predicted molar refractivity (Wildman–Crippen MR) is 86.0 cm³/mol. The van der Waals surface area contributed by atoms with Gasteiger partial charge in [-0.05, 0) is 37.5 Å². The van der Waals surface area contributed by atoms with Crippen molar-refractivity contribution in [2.24, 2.45) is 11.7 Å². The maximum Gasteiger partial charge on any atom is 0.222 e. The Morgan fingerprint density at radius 1 is 1.23 bits per heavy atom. The molecule has 1 fully saturated rings. The molecule has 3 atom stereocenters. The van der Waals surface area contributed by atoms with Gasteiger partial charge in [0.15, 0.2) is 9.84 Å². The predicted octanol–water partition coefficient (Wildman–Crippen LogP) is 1.78. The molecule has 1 aromatic rings. The molecule has 0 spiro atoms. The van der Waals surface area contributed by atoms with E-state index in [1.807, 2.05) is 19.1 Å². The van der Waals surface area contributed by atoms with Crippen molar-refractivity contribution in [2.75, 3.05) is 6.26 Å². The van der Waals surface area contributed by atoms with E-state index in [4.69, 9.17) is 5.73 Å². The second kappa shape index (κ2) is 6.79. The summed E-state index contributed by atoms with van der Waals surface area (Å²) in [5, 5.41) is 3.47. The van der Waals surface area contributed by atoms with Crippen LogP contribution in [0.25, 0.3) is 0 Å². The van der Waals surface area contributed by atoms with Gasteiger partial charge in [-0.1, -0.05) is 25.0 Å². The standard InChI is InChI=1S/C16H24N2O3S/c1-11(12-7-9-13(10-8-12)22(2,20)21)18-15-6-4-3-5-14(15)16(17)19/h7-11,14-15,18H,3-6H2,1-2H3,(H2,17,19)/t11-,14+,15-/m0/s1. The fraction of sp³-hybridized carbons (Fsp3) is 0.562. The Morgan fingerprint density at radius 2 is 1.82 bits per heavy atom. The lowest BCUT2D eigenvalue weighted by Crippen LogP contribution is -2.45. The second-order valence-corrected chi connectivity index (χ2v) is 8.15. The molecule has 0 unspecified atom stereocenters. The Kier molecular flexibility index (Phi) is 5.24. The molecule has 0 heterocycles. The lowest BCUT2D eigenvalue weighted by Gasteiger charge is -2.32. The third-order valence-electron chi connectivity index (χ3n) is 4.40. The number of hydrogen-bond donors (Lipinski definition) is 2. The number of hydrogen-bond acceptors (Lipinski definition) is 4. The molecular weight excluding hydrogens is 300 g/mol. The quantitative estimate of drug-likeness (QED) is 0.864. The van der Waals surface area contributed by atoms with Gasteiger partial charge in [0, 0.05) is 18.3 Å². The average Bonchev–Trinajstić information content (AvgIpc) is 2.46. The normalized spacial score (nSPS) is 23.9. The SMILES string of the molecule is C[C@H](N[C@H]1CCCC[C@H]1C(N)=O)c1ccc(S(C)(=O)=O)cc1. The molecule has 0 aromatic heterocycles. The van der Waals surface area contributed by atoms with E-state index in [-0.39, 0.29) is 23.9 Å². The van der Waals surface area contributed by atoms with E-state index >= 15 is 0 Å². The van der Waals surface area contributed by atoms with E-state index < -0.39 is 9.84 Å². The van der Waals surface area contributed by atoms with Crippen LogP contribution in [0.5, 0.6) is 0 Å². The summed E-state index contributed by atoms with van der Waals surface area (Å²) in [5.74, 6) is -0.358. The van der Waals surface area contributed by atoms with Gasteiger partial charge in [0.2, 0.25) is 5.91 Å². The first-order valence-corrected chi connectivity index (χ1v) is 9.53. The molecule has 122 valence electrons. The molecule has 0 radical (unpaired) electrons. The highest BCUT2D eigenvalue weighted by atomic mass is 32.2. The summed E-state index contributed by atoms with van der Waals surface area (Å²) in [6, 6.07) is 7.01. The Morgan fingerprint density at radius 3 is 2.36 bits per heavy atom. The number of carbonyl (C=O) groups excluding carboxylic acids is 1. The number of sulfone groups is 1. The number of nitrogens with one attached hydrogen (secondary N) is 1. The van der Waals surface area contributed by atoms with Crippen LogP contribution in [0.4, 0.5) is 0 Å². The molecule has 1 saturated carbocycles. The highest BCUT2D eigenvalue weighted by Crippen LogP contribution is 2.27. The summed E-state index contributed by atoms with van der Waals surface area (Å²) in [6.45, 7) is 2.02. The van der Waals surface area contributed by atoms with Gasteiger partial charge >= 0.3 is 0 Å². The van der Waals surface area contributed by atoms with E-state index in [9.17, 15) is 13.2 Å². The lowest BCUT2D eigenvalue weighted by molar-refractivity contribution is -0.123. The van der Waals surface area contributed by atoms with Crippen LogP contribution in [0.15, 0.2) is 29.2 Å². The van der Waals surface area contributed by atoms with Crippen molar-refractivity contribution >= 4 is 15.7 Å². The van der Waals surface area contributed by atoms with Crippen LogP contribution < -0.4 is 11.1 Å². The fourth-order valence-corrected chi connectivity index (χ4v) is 3.72. The summed E-state index contributed by atoms with van der Waals surface area (Å²) in [7, 11) is -3.17. The van der Waals surface area contributed by atoms with Crippen molar-refractivity contribution in [2.45, 2.75) is 49.6 Å². The van der Waals surface area contributed by atoms with Crippen molar-refractivity contribution in [1.82, 2.24) is 5.32 Å². The van der Waals surface area contributed by atoms with Crippen LogP contribution in [0.1, 0.15) is 44.2 Å². The van der Waals surface area contributed by atoms with Gasteiger partial charge in [-0.15, -0.1) is 0 Å². The molecule has 1 amide bonds. The van der Waals surface area contributed by atoms with E-state index in [0.717, 1.165) is 31.2 Å². The van der Waals surface area contributed by atoms with Crippen LogP contribution in [0.3, 0.4) is 0 Å². The van der Waals surface area contributed by atoms with E-state index in [0.29, 0.717) is 4.90 Å². The largest absolute Gasteiger partial charge is 0.369 e. The van der Waals surface area contributed by atoms with Gasteiger partial charge in [-0.25, -0.2) is 8.42 Å². The first-order valence-electron chi connectivity index (χ1n) is 7.64. The van der Waals surface area contributed by atoms with Gasteiger partial charge in [0.1, 0.15) is 0 Å². The smallest absolute Gasteiger partial charge is 0.222 e. The van der Waals surface area contributed by atoms with Gasteiger partial charge in [0.05, 0.1) is 10.8 Å².